The summed E-state index contributed by atoms with van der Waals surface area (Å²) >= 11 is 0. The van der Waals surface area contributed by atoms with Gasteiger partial charge in [-0.05, 0) is 37.5 Å². The number of benzene rings is 1. The first-order valence-corrected chi connectivity index (χ1v) is 7.20. The molecule has 1 aromatic rings. The maximum Gasteiger partial charge on any atom is 0.338 e. The van der Waals surface area contributed by atoms with E-state index in [-0.39, 0.29) is 12.1 Å². The quantitative estimate of drug-likeness (QED) is 0.497. The highest BCUT2D eigenvalue weighted by atomic mass is 16.5. The minimum atomic E-state index is -0.233. The summed E-state index contributed by atoms with van der Waals surface area (Å²) in [5.41, 5.74) is 0.618. The van der Waals surface area contributed by atoms with Gasteiger partial charge in [-0.1, -0.05) is 51.0 Å². The molecule has 0 spiro atoms. The number of hydrogen-bond acceptors (Lipinski definition) is 2. The fourth-order valence-corrected chi connectivity index (χ4v) is 1.79. The summed E-state index contributed by atoms with van der Waals surface area (Å²) in [5, 5.41) is 0. The monoisotopic (exact) mass is 260 g/mol. The third-order valence-corrected chi connectivity index (χ3v) is 2.92. The standard InChI is InChI=1S/C17H24O2/c1-3-5-8-14-16(13-6-4-2)19-17(18)15-11-9-7-10-12-15/h7-12,14,16H,3-6,13H2,1-2H3/b14-8+. The van der Waals surface area contributed by atoms with E-state index in [4.69, 9.17) is 4.74 Å². The average molecular weight is 260 g/mol. The summed E-state index contributed by atoms with van der Waals surface area (Å²) in [5.74, 6) is -0.233. The van der Waals surface area contributed by atoms with Gasteiger partial charge in [0.05, 0.1) is 5.56 Å². The molecule has 0 aromatic heterocycles. The van der Waals surface area contributed by atoms with Crippen LogP contribution < -0.4 is 0 Å². The van der Waals surface area contributed by atoms with E-state index in [9.17, 15) is 4.79 Å². The van der Waals surface area contributed by atoms with Crippen LogP contribution in [0.15, 0.2) is 42.5 Å². The zero-order valence-corrected chi connectivity index (χ0v) is 12.0. The van der Waals surface area contributed by atoms with Crippen molar-refractivity contribution in [2.45, 2.75) is 52.1 Å². The van der Waals surface area contributed by atoms with E-state index in [0.29, 0.717) is 5.56 Å². The first-order chi connectivity index (χ1) is 9.27. The largest absolute Gasteiger partial charge is 0.455 e. The molecule has 1 unspecified atom stereocenters. The molecule has 1 atom stereocenters. The Balaban J connectivity index is 2.58. The van der Waals surface area contributed by atoms with E-state index in [2.05, 4.69) is 19.9 Å². The number of esters is 1. The molecule has 104 valence electrons. The van der Waals surface area contributed by atoms with E-state index < -0.39 is 0 Å². The van der Waals surface area contributed by atoms with Crippen LogP contribution in [0.5, 0.6) is 0 Å². The lowest BCUT2D eigenvalue weighted by Crippen LogP contribution is -2.16. The highest BCUT2D eigenvalue weighted by Gasteiger charge is 2.12. The van der Waals surface area contributed by atoms with E-state index in [1.54, 1.807) is 12.1 Å². The molecule has 0 bridgehead atoms. The molecule has 2 heteroatoms. The topological polar surface area (TPSA) is 26.3 Å². The second-order valence-corrected chi connectivity index (χ2v) is 4.67. The molecule has 0 N–H and O–H groups in total. The zero-order chi connectivity index (χ0) is 13.9. The summed E-state index contributed by atoms with van der Waals surface area (Å²) in [6, 6.07) is 9.17. The molecular formula is C17H24O2. The summed E-state index contributed by atoms with van der Waals surface area (Å²) in [6.45, 7) is 4.28. The Bertz CT molecular complexity index is 382. The number of carbonyl (C=O) groups is 1. The molecule has 0 radical (unpaired) electrons. The number of hydrogen-bond donors (Lipinski definition) is 0. The van der Waals surface area contributed by atoms with Gasteiger partial charge >= 0.3 is 5.97 Å². The van der Waals surface area contributed by atoms with Gasteiger partial charge in [0.25, 0.3) is 0 Å². The van der Waals surface area contributed by atoms with Crippen molar-refractivity contribution in [2.75, 3.05) is 0 Å². The highest BCUT2D eigenvalue weighted by molar-refractivity contribution is 5.89. The minimum Gasteiger partial charge on any atom is -0.455 e. The van der Waals surface area contributed by atoms with Crippen LogP contribution in [0, 0.1) is 0 Å². The number of unbranched alkanes of at least 4 members (excludes halogenated alkanes) is 2. The summed E-state index contributed by atoms with van der Waals surface area (Å²) in [6.07, 6.45) is 9.27. The fourth-order valence-electron chi connectivity index (χ4n) is 1.79. The van der Waals surface area contributed by atoms with Crippen LogP contribution in [0.1, 0.15) is 56.3 Å². The maximum atomic E-state index is 12.0. The van der Waals surface area contributed by atoms with Gasteiger partial charge in [0, 0.05) is 0 Å². The van der Waals surface area contributed by atoms with Crippen molar-refractivity contribution in [3.05, 3.63) is 48.0 Å². The van der Waals surface area contributed by atoms with E-state index in [1.807, 2.05) is 24.3 Å². The molecule has 0 heterocycles. The summed E-state index contributed by atoms with van der Waals surface area (Å²) in [7, 11) is 0. The van der Waals surface area contributed by atoms with Crippen molar-refractivity contribution in [2.24, 2.45) is 0 Å². The molecule has 0 saturated carbocycles. The SMILES string of the molecule is CCC/C=C/C(CCCC)OC(=O)c1ccccc1. The lowest BCUT2D eigenvalue weighted by molar-refractivity contribution is 0.0376. The van der Waals surface area contributed by atoms with Crippen LogP contribution >= 0.6 is 0 Å². The van der Waals surface area contributed by atoms with Crippen molar-refractivity contribution < 1.29 is 9.53 Å². The maximum absolute atomic E-state index is 12.0. The minimum absolute atomic E-state index is 0.0980. The van der Waals surface area contributed by atoms with Gasteiger partial charge in [-0.25, -0.2) is 4.79 Å². The third kappa shape index (κ3) is 6.23. The zero-order valence-electron chi connectivity index (χ0n) is 12.0. The van der Waals surface area contributed by atoms with Crippen molar-refractivity contribution in [3.8, 4) is 0 Å². The Morgan fingerprint density at radius 3 is 2.58 bits per heavy atom. The Kier molecular flexibility index (Phi) is 7.64. The van der Waals surface area contributed by atoms with Gasteiger partial charge in [0.15, 0.2) is 0 Å². The summed E-state index contributed by atoms with van der Waals surface area (Å²) in [4.78, 5) is 12.0. The van der Waals surface area contributed by atoms with Crippen LogP contribution in [-0.4, -0.2) is 12.1 Å². The number of ether oxygens (including phenoxy) is 1. The number of allylic oxidation sites excluding steroid dienone is 1. The van der Waals surface area contributed by atoms with Gasteiger partial charge in [-0.2, -0.15) is 0 Å². The Labute approximate surface area is 116 Å². The van der Waals surface area contributed by atoms with E-state index in [1.165, 1.54) is 0 Å². The van der Waals surface area contributed by atoms with Gasteiger partial charge in [-0.3, -0.25) is 0 Å². The third-order valence-electron chi connectivity index (χ3n) is 2.92. The number of rotatable bonds is 8. The van der Waals surface area contributed by atoms with Crippen LogP contribution in [0.25, 0.3) is 0 Å². The molecule has 0 fully saturated rings. The van der Waals surface area contributed by atoms with E-state index >= 15 is 0 Å². The molecule has 2 nitrogen and oxygen atoms in total. The molecule has 0 aliphatic carbocycles. The van der Waals surface area contributed by atoms with Gasteiger partial charge in [-0.15, -0.1) is 0 Å². The smallest absolute Gasteiger partial charge is 0.338 e. The van der Waals surface area contributed by atoms with Crippen LogP contribution in [0.4, 0.5) is 0 Å². The van der Waals surface area contributed by atoms with E-state index in [0.717, 1.165) is 32.1 Å². The molecule has 1 aromatic carbocycles. The van der Waals surface area contributed by atoms with Crippen LogP contribution in [-0.2, 0) is 4.74 Å². The lowest BCUT2D eigenvalue weighted by Gasteiger charge is -2.14. The predicted molar refractivity (Wildman–Crippen MR) is 79.2 cm³/mol. The Hall–Kier alpha value is -1.57. The lowest BCUT2D eigenvalue weighted by atomic mass is 10.1. The highest BCUT2D eigenvalue weighted by Crippen LogP contribution is 2.11. The summed E-state index contributed by atoms with van der Waals surface area (Å²) < 4.78 is 5.56. The van der Waals surface area contributed by atoms with Crippen molar-refractivity contribution in [1.29, 1.82) is 0 Å². The second-order valence-electron chi connectivity index (χ2n) is 4.67. The molecule has 0 amide bonds. The fraction of sp³-hybridized carbons (Fsp3) is 0.471. The van der Waals surface area contributed by atoms with Crippen molar-refractivity contribution in [1.82, 2.24) is 0 Å². The Morgan fingerprint density at radius 2 is 1.95 bits per heavy atom. The first-order valence-electron chi connectivity index (χ1n) is 7.20. The van der Waals surface area contributed by atoms with Crippen molar-refractivity contribution >= 4 is 5.97 Å². The molecule has 19 heavy (non-hydrogen) atoms. The Morgan fingerprint density at radius 1 is 1.21 bits per heavy atom. The van der Waals surface area contributed by atoms with Crippen LogP contribution in [0.3, 0.4) is 0 Å². The van der Waals surface area contributed by atoms with Gasteiger partial charge < -0.3 is 4.74 Å². The molecule has 1 rings (SSSR count). The average Bonchev–Trinajstić information content (AvgIpc) is 2.45. The van der Waals surface area contributed by atoms with Gasteiger partial charge in [0.2, 0.25) is 0 Å². The van der Waals surface area contributed by atoms with Crippen LogP contribution in [0.2, 0.25) is 0 Å². The molecule has 0 aliphatic rings. The predicted octanol–water partition coefficient (Wildman–Crippen LogP) is 4.76. The molecule has 0 aliphatic heterocycles. The van der Waals surface area contributed by atoms with Gasteiger partial charge in [0.1, 0.15) is 6.10 Å². The molecule has 0 saturated heterocycles. The first kappa shape index (κ1) is 15.5. The normalized spacial score (nSPS) is 12.5. The number of carbonyl (C=O) groups excluding carboxylic acids is 1. The van der Waals surface area contributed by atoms with Crippen molar-refractivity contribution in [3.63, 3.8) is 0 Å². The molecular weight excluding hydrogens is 236 g/mol. The second kappa shape index (κ2) is 9.37.